The molecule has 2 aromatic rings. The van der Waals surface area contributed by atoms with Gasteiger partial charge in [-0.2, -0.15) is 0 Å². The van der Waals surface area contributed by atoms with Gasteiger partial charge in [0, 0.05) is 17.9 Å². The summed E-state index contributed by atoms with van der Waals surface area (Å²) in [5.74, 6) is -0.290. The van der Waals surface area contributed by atoms with E-state index in [1.54, 1.807) is 26.0 Å². The maximum atomic E-state index is 12.6. The van der Waals surface area contributed by atoms with Gasteiger partial charge in [0.05, 0.1) is 0 Å². The Balaban J connectivity index is 0.00000364. The zero-order chi connectivity index (χ0) is 19.0. The predicted molar refractivity (Wildman–Crippen MR) is 112 cm³/mol. The second-order valence-electron chi connectivity index (χ2n) is 6.50. The average molecular weight is 391 g/mol. The van der Waals surface area contributed by atoms with Crippen LogP contribution in [0.3, 0.4) is 0 Å². The van der Waals surface area contributed by atoms with Crippen LogP contribution in [0.5, 0.6) is 0 Å². The lowest BCUT2D eigenvalue weighted by Crippen LogP contribution is -2.53. The topological polar surface area (TPSA) is 82.3 Å². The van der Waals surface area contributed by atoms with Gasteiger partial charge >= 0.3 is 6.03 Å². The highest BCUT2D eigenvalue weighted by Gasteiger charge is 2.29. The molecule has 27 heavy (non-hydrogen) atoms. The molecule has 0 saturated heterocycles. The Morgan fingerprint density at radius 3 is 2.26 bits per heavy atom. The number of para-hydroxylation sites is 1. The van der Waals surface area contributed by atoms with Crippen molar-refractivity contribution in [3.63, 3.8) is 0 Å². The van der Waals surface area contributed by atoms with E-state index in [2.05, 4.69) is 21.3 Å². The number of benzene rings is 2. The van der Waals surface area contributed by atoms with E-state index >= 15 is 0 Å². The zero-order valence-corrected chi connectivity index (χ0v) is 16.7. The van der Waals surface area contributed by atoms with Gasteiger partial charge in [-0.15, -0.1) is 12.4 Å². The summed E-state index contributed by atoms with van der Waals surface area (Å²) in [4.78, 5) is 24.7. The second-order valence-corrected chi connectivity index (χ2v) is 6.50. The fourth-order valence-electron chi connectivity index (χ4n) is 2.34. The first-order valence-corrected chi connectivity index (χ1v) is 8.66. The molecule has 0 unspecified atom stereocenters. The van der Waals surface area contributed by atoms with Crippen LogP contribution in [0, 0.1) is 0 Å². The molecule has 4 N–H and O–H groups in total. The molecule has 6 nitrogen and oxygen atoms in total. The Morgan fingerprint density at radius 1 is 0.926 bits per heavy atom. The Labute approximate surface area is 166 Å². The number of hydrogen-bond acceptors (Lipinski definition) is 3. The SMILES string of the molecule is CCNCc1cccc(NC(=O)C(C)(C)NC(=O)Nc2ccccc2)c1.Cl. The summed E-state index contributed by atoms with van der Waals surface area (Å²) < 4.78 is 0. The summed E-state index contributed by atoms with van der Waals surface area (Å²) in [5.41, 5.74) is 1.37. The zero-order valence-electron chi connectivity index (χ0n) is 15.8. The lowest BCUT2D eigenvalue weighted by molar-refractivity contribution is -0.120. The van der Waals surface area contributed by atoms with Gasteiger partial charge < -0.3 is 21.3 Å². The van der Waals surface area contributed by atoms with Gasteiger partial charge in [-0.1, -0.05) is 37.3 Å². The largest absolute Gasteiger partial charge is 0.324 e. The van der Waals surface area contributed by atoms with Gasteiger partial charge in [0.15, 0.2) is 0 Å². The number of anilines is 2. The molecule has 0 radical (unpaired) electrons. The average Bonchev–Trinajstić information content (AvgIpc) is 2.60. The molecule has 2 rings (SSSR count). The van der Waals surface area contributed by atoms with E-state index in [0.717, 1.165) is 18.7 Å². The van der Waals surface area contributed by atoms with Crippen molar-refractivity contribution in [2.45, 2.75) is 32.9 Å². The molecule has 0 spiro atoms. The minimum Gasteiger partial charge on any atom is -0.324 e. The number of rotatable bonds is 7. The molecule has 3 amide bonds. The summed E-state index contributed by atoms with van der Waals surface area (Å²) in [6, 6.07) is 16.3. The quantitative estimate of drug-likeness (QED) is 0.581. The van der Waals surface area contributed by atoms with E-state index in [1.807, 2.05) is 49.4 Å². The highest BCUT2D eigenvalue weighted by molar-refractivity contribution is 6.01. The summed E-state index contributed by atoms with van der Waals surface area (Å²) in [6.07, 6.45) is 0. The van der Waals surface area contributed by atoms with Crippen molar-refractivity contribution in [3.8, 4) is 0 Å². The monoisotopic (exact) mass is 390 g/mol. The molecule has 146 valence electrons. The summed E-state index contributed by atoms with van der Waals surface area (Å²) in [7, 11) is 0. The van der Waals surface area contributed by atoms with Gasteiger partial charge in [-0.3, -0.25) is 4.79 Å². The molecule has 0 aliphatic carbocycles. The summed E-state index contributed by atoms with van der Waals surface area (Å²) in [6.45, 7) is 6.98. The van der Waals surface area contributed by atoms with Crippen molar-refractivity contribution in [2.75, 3.05) is 17.2 Å². The number of hydrogen-bond donors (Lipinski definition) is 4. The standard InChI is InChI=1S/C20H26N4O2.ClH/c1-4-21-14-15-9-8-12-17(13-15)22-18(25)20(2,3)24-19(26)23-16-10-6-5-7-11-16;/h5-13,21H,4,14H2,1-3H3,(H,22,25)(H2,23,24,26);1H. The van der Waals surface area contributed by atoms with Crippen molar-refractivity contribution in [1.82, 2.24) is 10.6 Å². The molecule has 2 aromatic carbocycles. The van der Waals surface area contributed by atoms with Crippen LogP contribution in [0.2, 0.25) is 0 Å². The third kappa shape index (κ3) is 7.29. The van der Waals surface area contributed by atoms with Gasteiger partial charge in [-0.05, 0) is 50.2 Å². The Hall–Kier alpha value is -2.57. The fraction of sp³-hybridized carbons (Fsp3) is 0.300. The number of urea groups is 1. The molecule has 7 heteroatoms. The molecule has 0 bridgehead atoms. The van der Waals surface area contributed by atoms with Crippen LogP contribution in [0.25, 0.3) is 0 Å². The predicted octanol–water partition coefficient (Wildman–Crippen LogP) is 3.76. The van der Waals surface area contributed by atoms with Crippen molar-refractivity contribution < 1.29 is 9.59 Å². The summed E-state index contributed by atoms with van der Waals surface area (Å²) in [5, 5.41) is 11.5. The Kier molecular flexibility index (Phi) is 8.78. The second kappa shape index (κ2) is 10.5. The first-order valence-electron chi connectivity index (χ1n) is 8.66. The van der Waals surface area contributed by atoms with E-state index in [9.17, 15) is 9.59 Å². The third-order valence-corrected chi connectivity index (χ3v) is 3.79. The highest BCUT2D eigenvalue weighted by atomic mass is 35.5. The number of amides is 3. The normalized spacial score (nSPS) is 10.5. The highest BCUT2D eigenvalue weighted by Crippen LogP contribution is 2.14. The van der Waals surface area contributed by atoms with Crippen LogP contribution >= 0.6 is 12.4 Å². The first-order chi connectivity index (χ1) is 12.4. The molecule has 0 aliphatic rings. The van der Waals surface area contributed by atoms with E-state index < -0.39 is 11.6 Å². The van der Waals surface area contributed by atoms with Crippen LogP contribution in [0.15, 0.2) is 54.6 Å². The van der Waals surface area contributed by atoms with Gasteiger partial charge in [-0.25, -0.2) is 4.79 Å². The summed E-state index contributed by atoms with van der Waals surface area (Å²) >= 11 is 0. The molecule has 0 heterocycles. The minimum atomic E-state index is -1.07. The molecule has 0 atom stereocenters. The van der Waals surface area contributed by atoms with Gasteiger partial charge in [0.25, 0.3) is 0 Å². The first kappa shape index (κ1) is 22.5. The maximum absolute atomic E-state index is 12.6. The van der Waals surface area contributed by atoms with Gasteiger partial charge in [0.2, 0.25) is 5.91 Å². The molecule has 0 aliphatic heterocycles. The Morgan fingerprint density at radius 2 is 1.59 bits per heavy atom. The van der Waals surface area contributed by atoms with Crippen LogP contribution in [0.1, 0.15) is 26.3 Å². The lowest BCUT2D eigenvalue weighted by Gasteiger charge is -2.25. The van der Waals surface area contributed by atoms with Crippen LogP contribution in [-0.2, 0) is 11.3 Å². The molecule has 0 aromatic heterocycles. The van der Waals surface area contributed by atoms with Crippen LogP contribution < -0.4 is 21.3 Å². The van der Waals surface area contributed by atoms with E-state index in [4.69, 9.17) is 0 Å². The van der Waals surface area contributed by atoms with Crippen molar-refractivity contribution in [2.24, 2.45) is 0 Å². The van der Waals surface area contributed by atoms with E-state index in [-0.39, 0.29) is 18.3 Å². The molecule has 0 fully saturated rings. The van der Waals surface area contributed by atoms with E-state index in [0.29, 0.717) is 11.4 Å². The smallest absolute Gasteiger partial charge is 0.320 e. The number of nitrogens with one attached hydrogen (secondary N) is 4. The third-order valence-electron chi connectivity index (χ3n) is 3.79. The van der Waals surface area contributed by atoms with Crippen molar-refractivity contribution in [1.29, 1.82) is 0 Å². The molecule has 0 saturated carbocycles. The van der Waals surface area contributed by atoms with Crippen LogP contribution in [0.4, 0.5) is 16.2 Å². The minimum absolute atomic E-state index is 0. The fourth-order valence-corrected chi connectivity index (χ4v) is 2.34. The van der Waals surface area contributed by atoms with Crippen LogP contribution in [-0.4, -0.2) is 24.0 Å². The lowest BCUT2D eigenvalue weighted by atomic mass is 10.0. The van der Waals surface area contributed by atoms with Crippen molar-refractivity contribution in [3.05, 3.63) is 60.2 Å². The Bertz CT molecular complexity index is 751. The number of carbonyl (C=O) groups is 2. The maximum Gasteiger partial charge on any atom is 0.320 e. The van der Waals surface area contributed by atoms with E-state index in [1.165, 1.54) is 0 Å². The van der Waals surface area contributed by atoms with Gasteiger partial charge in [0.1, 0.15) is 5.54 Å². The number of carbonyl (C=O) groups excluding carboxylic acids is 2. The van der Waals surface area contributed by atoms with Crippen molar-refractivity contribution >= 4 is 35.7 Å². The number of halogens is 1. The molecular weight excluding hydrogens is 364 g/mol. The molecular formula is C20H27ClN4O2.